The van der Waals surface area contributed by atoms with Crippen molar-refractivity contribution in [3.8, 4) is 6.07 Å². The van der Waals surface area contributed by atoms with Crippen molar-refractivity contribution in [2.75, 3.05) is 5.73 Å². The van der Waals surface area contributed by atoms with Gasteiger partial charge in [0.2, 0.25) is 0 Å². The van der Waals surface area contributed by atoms with Gasteiger partial charge in [0.25, 0.3) is 0 Å². The van der Waals surface area contributed by atoms with Gasteiger partial charge in [0.05, 0.1) is 18.2 Å². The van der Waals surface area contributed by atoms with Crippen molar-refractivity contribution >= 4 is 5.69 Å². The Bertz CT molecular complexity index is 384. The normalized spacial score (nSPS) is 12.1. The molecular formula is C9H9F2N3. The lowest BCUT2D eigenvalue weighted by Gasteiger charge is -2.10. The van der Waals surface area contributed by atoms with Crippen LogP contribution in [0.2, 0.25) is 0 Å². The summed E-state index contributed by atoms with van der Waals surface area (Å²) in [6, 6.07) is 2.74. The molecule has 0 unspecified atom stereocenters. The van der Waals surface area contributed by atoms with Gasteiger partial charge in [0.15, 0.2) is 0 Å². The fraction of sp³-hybridized carbons (Fsp3) is 0.222. The van der Waals surface area contributed by atoms with Crippen LogP contribution in [-0.4, -0.2) is 0 Å². The molecule has 0 aromatic heterocycles. The van der Waals surface area contributed by atoms with Crippen molar-refractivity contribution in [3.05, 3.63) is 29.3 Å². The van der Waals surface area contributed by atoms with Crippen molar-refractivity contribution < 1.29 is 8.78 Å². The van der Waals surface area contributed by atoms with Crippen LogP contribution in [0.15, 0.2) is 12.1 Å². The Morgan fingerprint density at radius 2 is 2.00 bits per heavy atom. The van der Waals surface area contributed by atoms with E-state index in [0.29, 0.717) is 0 Å². The molecule has 0 aliphatic carbocycles. The van der Waals surface area contributed by atoms with Gasteiger partial charge in [-0.05, 0) is 6.07 Å². The zero-order chi connectivity index (χ0) is 10.7. The van der Waals surface area contributed by atoms with Crippen molar-refractivity contribution in [3.63, 3.8) is 0 Å². The van der Waals surface area contributed by atoms with Crippen LogP contribution < -0.4 is 11.5 Å². The van der Waals surface area contributed by atoms with E-state index in [1.165, 1.54) is 0 Å². The summed E-state index contributed by atoms with van der Waals surface area (Å²) in [6.45, 7) is 0. The summed E-state index contributed by atoms with van der Waals surface area (Å²) in [4.78, 5) is 0. The first kappa shape index (κ1) is 10.4. The quantitative estimate of drug-likeness (QED) is 0.704. The standard InChI is InChI=1S/C9H9F2N3/c10-6-4-9(14)7(11)3-5(6)8(13)1-2-12/h3-4,8H,1,13-14H2/t8-/m0/s1. The lowest BCUT2D eigenvalue weighted by Crippen LogP contribution is -2.12. The number of hydrogen-bond donors (Lipinski definition) is 2. The van der Waals surface area contributed by atoms with E-state index in [-0.39, 0.29) is 17.7 Å². The third-order valence-electron chi connectivity index (χ3n) is 1.83. The number of nitrogen functional groups attached to an aromatic ring is 1. The van der Waals surface area contributed by atoms with Crippen LogP contribution in [0, 0.1) is 23.0 Å². The van der Waals surface area contributed by atoms with Gasteiger partial charge in [-0.2, -0.15) is 5.26 Å². The second-order valence-electron chi connectivity index (χ2n) is 2.86. The highest BCUT2D eigenvalue weighted by Crippen LogP contribution is 2.22. The van der Waals surface area contributed by atoms with Crippen LogP contribution in [0.25, 0.3) is 0 Å². The summed E-state index contributed by atoms with van der Waals surface area (Å²) in [5.41, 5.74) is 10.3. The van der Waals surface area contributed by atoms with Crippen LogP contribution in [0.4, 0.5) is 14.5 Å². The number of nitrogens with zero attached hydrogens (tertiary/aromatic N) is 1. The maximum atomic E-state index is 13.2. The molecule has 0 heterocycles. The molecule has 0 spiro atoms. The predicted molar refractivity (Wildman–Crippen MR) is 47.9 cm³/mol. The molecule has 0 saturated heterocycles. The second kappa shape index (κ2) is 4.03. The Labute approximate surface area is 79.9 Å². The molecule has 1 aromatic rings. The van der Waals surface area contributed by atoms with Gasteiger partial charge in [0, 0.05) is 17.7 Å². The minimum Gasteiger partial charge on any atom is -0.396 e. The van der Waals surface area contributed by atoms with Gasteiger partial charge in [-0.25, -0.2) is 8.78 Å². The Hall–Kier alpha value is -1.67. The largest absolute Gasteiger partial charge is 0.396 e. The van der Waals surface area contributed by atoms with Gasteiger partial charge in [-0.3, -0.25) is 0 Å². The van der Waals surface area contributed by atoms with Crippen molar-refractivity contribution in [1.82, 2.24) is 0 Å². The second-order valence-corrected chi connectivity index (χ2v) is 2.86. The van der Waals surface area contributed by atoms with Crippen LogP contribution in [0.3, 0.4) is 0 Å². The SMILES string of the molecule is N#CC[C@H](N)c1cc(F)c(N)cc1F. The summed E-state index contributed by atoms with van der Waals surface area (Å²) in [5.74, 6) is -1.42. The molecule has 4 N–H and O–H groups in total. The molecular weight excluding hydrogens is 188 g/mol. The van der Waals surface area contributed by atoms with Gasteiger partial charge in [-0.15, -0.1) is 0 Å². The third-order valence-corrected chi connectivity index (χ3v) is 1.83. The molecule has 0 radical (unpaired) electrons. The minimum atomic E-state index is -0.824. The van der Waals surface area contributed by atoms with E-state index in [1.54, 1.807) is 6.07 Å². The van der Waals surface area contributed by atoms with E-state index < -0.39 is 17.7 Å². The fourth-order valence-corrected chi connectivity index (χ4v) is 1.07. The summed E-state index contributed by atoms with van der Waals surface area (Å²) < 4.78 is 26.1. The molecule has 5 heteroatoms. The maximum absolute atomic E-state index is 13.2. The molecule has 1 rings (SSSR count). The van der Waals surface area contributed by atoms with E-state index >= 15 is 0 Å². The van der Waals surface area contributed by atoms with Crippen LogP contribution >= 0.6 is 0 Å². The highest BCUT2D eigenvalue weighted by Gasteiger charge is 2.14. The van der Waals surface area contributed by atoms with E-state index in [0.717, 1.165) is 12.1 Å². The number of nitrogens with two attached hydrogens (primary N) is 2. The molecule has 1 atom stereocenters. The first-order valence-electron chi connectivity index (χ1n) is 3.93. The van der Waals surface area contributed by atoms with Crippen LogP contribution in [0.5, 0.6) is 0 Å². The van der Waals surface area contributed by atoms with Gasteiger partial charge in [-0.1, -0.05) is 0 Å². The van der Waals surface area contributed by atoms with E-state index in [2.05, 4.69) is 0 Å². The molecule has 0 amide bonds. The average molecular weight is 197 g/mol. The number of anilines is 1. The predicted octanol–water partition coefficient (Wildman–Crippen LogP) is 1.46. The third kappa shape index (κ3) is 1.98. The molecule has 0 fully saturated rings. The Kier molecular flexibility index (Phi) is 2.99. The van der Waals surface area contributed by atoms with Gasteiger partial charge >= 0.3 is 0 Å². The smallest absolute Gasteiger partial charge is 0.146 e. The lowest BCUT2D eigenvalue weighted by molar-refractivity contribution is 0.567. The van der Waals surface area contributed by atoms with Gasteiger partial charge < -0.3 is 11.5 Å². The van der Waals surface area contributed by atoms with Crippen molar-refractivity contribution in [2.24, 2.45) is 5.73 Å². The summed E-state index contributed by atoms with van der Waals surface area (Å²) in [7, 11) is 0. The highest BCUT2D eigenvalue weighted by molar-refractivity contribution is 5.43. The highest BCUT2D eigenvalue weighted by atomic mass is 19.1. The first-order valence-corrected chi connectivity index (χ1v) is 3.93. The number of hydrogen-bond acceptors (Lipinski definition) is 3. The number of nitriles is 1. The Morgan fingerprint density at radius 3 is 2.57 bits per heavy atom. The van der Waals surface area contributed by atoms with Crippen LogP contribution in [-0.2, 0) is 0 Å². The molecule has 14 heavy (non-hydrogen) atoms. The lowest BCUT2D eigenvalue weighted by atomic mass is 10.0. The zero-order valence-electron chi connectivity index (χ0n) is 7.30. The van der Waals surface area contributed by atoms with E-state index in [9.17, 15) is 8.78 Å². The topological polar surface area (TPSA) is 75.8 Å². The molecule has 1 aromatic carbocycles. The molecule has 0 saturated carbocycles. The molecule has 0 aliphatic rings. The van der Waals surface area contributed by atoms with Crippen molar-refractivity contribution in [1.29, 1.82) is 5.26 Å². The molecule has 0 bridgehead atoms. The zero-order valence-corrected chi connectivity index (χ0v) is 7.30. The maximum Gasteiger partial charge on any atom is 0.146 e. The monoisotopic (exact) mass is 197 g/mol. The van der Waals surface area contributed by atoms with Crippen LogP contribution in [0.1, 0.15) is 18.0 Å². The Balaban J connectivity index is 3.10. The number of benzene rings is 1. The molecule has 3 nitrogen and oxygen atoms in total. The number of halogens is 2. The summed E-state index contributed by atoms with van der Waals surface area (Å²) in [5, 5.41) is 8.34. The minimum absolute atomic E-state index is 0.0294. The van der Waals surface area contributed by atoms with E-state index in [1.807, 2.05) is 0 Å². The van der Waals surface area contributed by atoms with E-state index in [4.69, 9.17) is 16.7 Å². The summed E-state index contributed by atoms with van der Waals surface area (Å²) in [6.07, 6.45) is -0.0692. The fourth-order valence-electron chi connectivity index (χ4n) is 1.07. The summed E-state index contributed by atoms with van der Waals surface area (Å²) >= 11 is 0. The Morgan fingerprint density at radius 1 is 1.36 bits per heavy atom. The average Bonchev–Trinajstić information content (AvgIpc) is 2.11. The van der Waals surface area contributed by atoms with Crippen molar-refractivity contribution in [2.45, 2.75) is 12.5 Å². The first-order chi connectivity index (χ1) is 6.56. The number of rotatable bonds is 2. The van der Waals surface area contributed by atoms with Gasteiger partial charge in [0.1, 0.15) is 11.6 Å². The molecule has 74 valence electrons. The molecule has 0 aliphatic heterocycles.